The predicted molar refractivity (Wildman–Crippen MR) is 81.8 cm³/mol. The van der Waals surface area contributed by atoms with E-state index in [0.717, 1.165) is 11.4 Å². The van der Waals surface area contributed by atoms with Crippen LogP contribution in [0.25, 0.3) is 5.82 Å². The van der Waals surface area contributed by atoms with Crippen molar-refractivity contribution in [1.29, 1.82) is 0 Å². The summed E-state index contributed by atoms with van der Waals surface area (Å²) in [6, 6.07) is 10.4. The first-order valence-corrected chi connectivity index (χ1v) is 6.64. The molecule has 110 valence electrons. The van der Waals surface area contributed by atoms with Crippen LogP contribution in [0.4, 0.5) is 11.4 Å². The molecule has 7 nitrogen and oxygen atoms in total. The smallest absolute Gasteiger partial charge is 0.292 e. The van der Waals surface area contributed by atoms with Gasteiger partial charge in [0.2, 0.25) is 0 Å². The van der Waals surface area contributed by atoms with E-state index in [4.69, 9.17) is 0 Å². The number of nitro groups is 1. The number of nitro benzene ring substituents is 1. The van der Waals surface area contributed by atoms with E-state index in [-0.39, 0.29) is 5.69 Å². The highest BCUT2D eigenvalue weighted by molar-refractivity contribution is 5.61. The molecular weight excluding hydrogens is 282 g/mol. The van der Waals surface area contributed by atoms with E-state index in [1.807, 2.05) is 18.3 Å². The molecule has 3 aromatic rings. The van der Waals surface area contributed by atoms with Crippen LogP contribution in [0.2, 0.25) is 0 Å². The molecule has 0 aliphatic carbocycles. The lowest BCUT2D eigenvalue weighted by atomic mass is 10.2. The molecule has 0 aliphatic rings. The number of hydrogen-bond donors (Lipinski definition) is 1. The Kier molecular flexibility index (Phi) is 3.78. The highest BCUT2D eigenvalue weighted by Crippen LogP contribution is 2.23. The molecular formula is C15H13N5O2. The quantitative estimate of drug-likeness (QED) is 0.578. The molecule has 0 fully saturated rings. The van der Waals surface area contributed by atoms with Crippen LogP contribution in [-0.2, 0) is 6.54 Å². The maximum absolute atomic E-state index is 11.0. The summed E-state index contributed by atoms with van der Waals surface area (Å²) in [5, 5.41) is 14.0. The maximum atomic E-state index is 11.0. The molecule has 2 heterocycles. The third-order valence-electron chi connectivity index (χ3n) is 3.16. The van der Waals surface area contributed by atoms with E-state index in [0.29, 0.717) is 12.2 Å². The second-order valence-corrected chi connectivity index (χ2v) is 4.62. The molecule has 0 spiro atoms. The van der Waals surface area contributed by atoms with Crippen molar-refractivity contribution < 1.29 is 4.92 Å². The second-order valence-electron chi connectivity index (χ2n) is 4.62. The average Bonchev–Trinajstić information content (AvgIpc) is 3.08. The summed E-state index contributed by atoms with van der Waals surface area (Å²) < 4.78 is 1.80. The molecule has 0 saturated carbocycles. The number of rotatable bonds is 5. The first-order valence-electron chi connectivity index (χ1n) is 6.64. The van der Waals surface area contributed by atoms with Crippen LogP contribution in [0, 0.1) is 10.1 Å². The van der Waals surface area contributed by atoms with Crippen molar-refractivity contribution >= 4 is 11.4 Å². The number of imidazole rings is 1. The van der Waals surface area contributed by atoms with E-state index in [9.17, 15) is 10.1 Å². The molecule has 2 aromatic heterocycles. The van der Waals surface area contributed by atoms with Gasteiger partial charge in [-0.1, -0.05) is 18.2 Å². The topological polar surface area (TPSA) is 85.9 Å². The van der Waals surface area contributed by atoms with Crippen LogP contribution >= 0.6 is 0 Å². The fourth-order valence-corrected chi connectivity index (χ4v) is 2.05. The van der Waals surface area contributed by atoms with Gasteiger partial charge in [-0.15, -0.1) is 0 Å². The zero-order valence-electron chi connectivity index (χ0n) is 11.6. The van der Waals surface area contributed by atoms with Crippen molar-refractivity contribution in [3.8, 4) is 5.82 Å². The Morgan fingerprint density at radius 3 is 2.77 bits per heavy atom. The lowest BCUT2D eigenvalue weighted by Gasteiger charge is -2.07. The van der Waals surface area contributed by atoms with Crippen LogP contribution in [0.1, 0.15) is 5.56 Å². The molecule has 0 radical (unpaired) electrons. The number of benzene rings is 1. The van der Waals surface area contributed by atoms with Crippen LogP contribution in [0.5, 0.6) is 0 Å². The Morgan fingerprint density at radius 1 is 1.23 bits per heavy atom. The van der Waals surface area contributed by atoms with E-state index in [2.05, 4.69) is 15.3 Å². The lowest BCUT2D eigenvalue weighted by Crippen LogP contribution is -2.03. The summed E-state index contributed by atoms with van der Waals surface area (Å²) in [4.78, 5) is 18.9. The first-order chi connectivity index (χ1) is 10.7. The van der Waals surface area contributed by atoms with Crippen LogP contribution < -0.4 is 5.32 Å². The fraction of sp³-hybridized carbons (Fsp3) is 0.0667. The minimum absolute atomic E-state index is 0.0606. The van der Waals surface area contributed by atoms with Gasteiger partial charge in [0.05, 0.1) is 4.92 Å². The number of nitrogens with zero attached hydrogens (tertiary/aromatic N) is 4. The van der Waals surface area contributed by atoms with Gasteiger partial charge in [0.25, 0.3) is 5.69 Å². The number of aromatic nitrogens is 3. The monoisotopic (exact) mass is 295 g/mol. The number of anilines is 1. The first kappa shape index (κ1) is 13.7. The lowest BCUT2D eigenvalue weighted by molar-refractivity contribution is -0.384. The van der Waals surface area contributed by atoms with Crippen LogP contribution in [-0.4, -0.2) is 19.5 Å². The summed E-state index contributed by atoms with van der Waals surface area (Å²) in [5.74, 6) is 0.770. The van der Waals surface area contributed by atoms with Gasteiger partial charge in [0.15, 0.2) is 0 Å². The Balaban J connectivity index is 1.71. The Labute approximate surface area is 126 Å². The normalized spacial score (nSPS) is 10.4. The second kappa shape index (κ2) is 6.04. The Morgan fingerprint density at radius 2 is 2.09 bits per heavy atom. The third-order valence-corrected chi connectivity index (χ3v) is 3.16. The van der Waals surface area contributed by atoms with Gasteiger partial charge in [0.1, 0.15) is 17.8 Å². The molecule has 0 bridgehead atoms. The molecule has 0 aliphatic heterocycles. The molecule has 7 heteroatoms. The van der Waals surface area contributed by atoms with Gasteiger partial charge in [-0.05, 0) is 17.7 Å². The summed E-state index contributed by atoms with van der Waals surface area (Å²) >= 11 is 0. The third kappa shape index (κ3) is 2.93. The van der Waals surface area contributed by atoms with Crippen molar-refractivity contribution in [2.24, 2.45) is 0 Å². The molecule has 0 saturated heterocycles. The van der Waals surface area contributed by atoms with Gasteiger partial charge in [-0.25, -0.2) is 9.97 Å². The Hall–Kier alpha value is -3.22. The molecule has 22 heavy (non-hydrogen) atoms. The Bertz CT molecular complexity index is 769. The van der Waals surface area contributed by atoms with E-state index >= 15 is 0 Å². The number of nitrogens with one attached hydrogen (secondary N) is 1. The molecule has 1 N–H and O–H groups in total. The highest BCUT2D eigenvalue weighted by atomic mass is 16.6. The molecule has 3 rings (SSSR count). The summed E-state index contributed by atoms with van der Waals surface area (Å²) in [6.07, 6.45) is 6.91. The van der Waals surface area contributed by atoms with Gasteiger partial charge < -0.3 is 5.32 Å². The van der Waals surface area contributed by atoms with Gasteiger partial charge in [-0.2, -0.15) is 0 Å². The van der Waals surface area contributed by atoms with Crippen molar-refractivity contribution in [2.75, 3.05) is 5.32 Å². The van der Waals surface area contributed by atoms with E-state index in [1.165, 1.54) is 6.07 Å². The van der Waals surface area contributed by atoms with Gasteiger partial charge in [0, 0.05) is 31.2 Å². The fourth-order valence-electron chi connectivity index (χ4n) is 2.05. The molecule has 0 amide bonds. The largest absolute Gasteiger partial charge is 0.375 e. The highest BCUT2D eigenvalue weighted by Gasteiger charge is 2.11. The molecule has 1 aromatic carbocycles. The van der Waals surface area contributed by atoms with Crippen LogP contribution in [0.15, 0.2) is 61.3 Å². The van der Waals surface area contributed by atoms with Crippen molar-refractivity contribution in [1.82, 2.24) is 14.5 Å². The van der Waals surface area contributed by atoms with E-state index in [1.54, 1.807) is 41.5 Å². The van der Waals surface area contributed by atoms with Crippen LogP contribution in [0.3, 0.4) is 0 Å². The summed E-state index contributed by atoms with van der Waals surface area (Å²) in [5.41, 5.74) is 1.48. The molecule has 0 unspecified atom stereocenters. The number of pyridine rings is 1. The zero-order chi connectivity index (χ0) is 15.4. The predicted octanol–water partition coefficient (Wildman–Crippen LogP) is 2.79. The van der Waals surface area contributed by atoms with Gasteiger partial charge >= 0.3 is 0 Å². The number of hydrogen-bond acceptors (Lipinski definition) is 5. The number of para-hydroxylation sites is 2. The van der Waals surface area contributed by atoms with Crippen molar-refractivity contribution in [3.63, 3.8) is 0 Å². The van der Waals surface area contributed by atoms with E-state index < -0.39 is 4.92 Å². The summed E-state index contributed by atoms with van der Waals surface area (Å²) in [7, 11) is 0. The SMILES string of the molecule is O=[N+]([O-])c1ccccc1NCc1ccc(-n2ccnc2)nc1. The summed E-state index contributed by atoms with van der Waals surface area (Å²) in [6.45, 7) is 0.460. The minimum Gasteiger partial charge on any atom is -0.375 e. The zero-order valence-corrected chi connectivity index (χ0v) is 11.6. The standard InChI is InChI=1S/C15H13N5O2/c21-20(22)14-4-2-1-3-13(14)17-9-12-5-6-15(18-10-12)19-8-7-16-11-19/h1-8,10-11,17H,9H2. The average molecular weight is 295 g/mol. The maximum Gasteiger partial charge on any atom is 0.292 e. The van der Waals surface area contributed by atoms with Gasteiger partial charge in [-0.3, -0.25) is 14.7 Å². The molecule has 0 atom stereocenters. The van der Waals surface area contributed by atoms with Crippen molar-refractivity contribution in [3.05, 3.63) is 77.0 Å². The van der Waals surface area contributed by atoms with Crippen molar-refractivity contribution in [2.45, 2.75) is 6.54 Å². The minimum atomic E-state index is -0.400.